The van der Waals surface area contributed by atoms with Crippen molar-refractivity contribution in [2.45, 2.75) is 0 Å². The largest absolute Gasteiger partial charge is 0.353 e. The van der Waals surface area contributed by atoms with E-state index in [4.69, 9.17) is 11.6 Å². The standard InChI is InChI=1S/C13H7BrClNO/c14-7-4-5-11-9(6-7)13(17)8-2-1-3-10(15)12(8)16-11/h1-6H,(H,16,17). The summed E-state index contributed by atoms with van der Waals surface area (Å²) in [6.07, 6.45) is 0. The van der Waals surface area contributed by atoms with Crippen LogP contribution in [0.1, 0.15) is 0 Å². The van der Waals surface area contributed by atoms with Crippen LogP contribution in [0, 0.1) is 0 Å². The molecule has 84 valence electrons. The van der Waals surface area contributed by atoms with Gasteiger partial charge in [0.05, 0.1) is 10.5 Å². The van der Waals surface area contributed by atoms with Gasteiger partial charge in [-0.1, -0.05) is 33.6 Å². The second-order valence-corrected chi connectivity index (χ2v) is 5.13. The van der Waals surface area contributed by atoms with Crippen LogP contribution in [0.25, 0.3) is 21.8 Å². The number of hydrogen-bond acceptors (Lipinski definition) is 1. The van der Waals surface area contributed by atoms with E-state index in [9.17, 15) is 4.79 Å². The molecular weight excluding hydrogens is 302 g/mol. The third-order valence-electron chi connectivity index (χ3n) is 2.74. The Hall–Kier alpha value is -1.32. The quantitative estimate of drug-likeness (QED) is 0.623. The average Bonchev–Trinajstić information content (AvgIpc) is 2.32. The molecule has 0 fully saturated rings. The summed E-state index contributed by atoms with van der Waals surface area (Å²) < 4.78 is 0.886. The second-order valence-electron chi connectivity index (χ2n) is 3.81. The van der Waals surface area contributed by atoms with Crippen LogP contribution in [-0.2, 0) is 0 Å². The highest BCUT2D eigenvalue weighted by molar-refractivity contribution is 9.10. The molecule has 3 rings (SSSR count). The molecule has 0 spiro atoms. The molecule has 0 saturated heterocycles. The highest BCUT2D eigenvalue weighted by atomic mass is 79.9. The van der Waals surface area contributed by atoms with Crippen LogP contribution >= 0.6 is 27.5 Å². The molecule has 0 saturated carbocycles. The number of hydrogen-bond donors (Lipinski definition) is 1. The highest BCUT2D eigenvalue weighted by Gasteiger charge is 2.07. The van der Waals surface area contributed by atoms with Crippen LogP contribution in [0.2, 0.25) is 5.02 Å². The molecule has 0 bridgehead atoms. The lowest BCUT2D eigenvalue weighted by Gasteiger charge is -2.04. The van der Waals surface area contributed by atoms with Gasteiger partial charge in [0.1, 0.15) is 0 Å². The lowest BCUT2D eigenvalue weighted by molar-refractivity contribution is 1.47. The number of nitrogens with one attached hydrogen (secondary N) is 1. The predicted octanol–water partition coefficient (Wildman–Crippen LogP) is 4.10. The second kappa shape index (κ2) is 3.86. The monoisotopic (exact) mass is 307 g/mol. The third-order valence-corrected chi connectivity index (χ3v) is 3.55. The first kappa shape index (κ1) is 10.8. The van der Waals surface area contributed by atoms with Crippen LogP contribution in [0.3, 0.4) is 0 Å². The van der Waals surface area contributed by atoms with E-state index in [1.807, 2.05) is 18.2 Å². The smallest absolute Gasteiger partial charge is 0.197 e. The van der Waals surface area contributed by atoms with Gasteiger partial charge in [-0.05, 0) is 30.3 Å². The maximum atomic E-state index is 12.3. The zero-order chi connectivity index (χ0) is 12.0. The van der Waals surface area contributed by atoms with Crippen molar-refractivity contribution in [2.75, 3.05) is 0 Å². The number of H-pyrrole nitrogens is 1. The Kier molecular flexibility index (Phi) is 2.45. The number of rotatable bonds is 0. The van der Waals surface area contributed by atoms with Crippen molar-refractivity contribution >= 4 is 49.3 Å². The molecule has 2 aromatic carbocycles. The third kappa shape index (κ3) is 1.66. The number of aromatic nitrogens is 1. The van der Waals surface area contributed by atoms with Crippen molar-refractivity contribution in [2.24, 2.45) is 0 Å². The summed E-state index contributed by atoms with van der Waals surface area (Å²) in [5.41, 5.74) is 1.48. The van der Waals surface area contributed by atoms with E-state index in [1.54, 1.807) is 18.2 Å². The number of fused-ring (bicyclic) bond motifs is 2. The van der Waals surface area contributed by atoms with Crippen LogP contribution in [0.5, 0.6) is 0 Å². The molecule has 0 aliphatic rings. The summed E-state index contributed by atoms with van der Waals surface area (Å²) in [7, 11) is 0. The summed E-state index contributed by atoms with van der Waals surface area (Å²) >= 11 is 9.45. The SMILES string of the molecule is O=c1c2cc(Br)ccc2[nH]c2c(Cl)cccc12. The summed E-state index contributed by atoms with van der Waals surface area (Å²) in [6, 6.07) is 10.9. The molecule has 1 heterocycles. The molecule has 0 aliphatic heterocycles. The molecule has 2 nitrogen and oxygen atoms in total. The van der Waals surface area contributed by atoms with Gasteiger partial charge < -0.3 is 4.98 Å². The lowest BCUT2D eigenvalue weighted by Crippen LogP contribution is -2.04. The van der Waals surface area contributed by atoms with Crippen molar-refractivity contribution in [1.29, 1.82) is 0 Å². The van der Waals surface area contributed by atoms with Crippen molar-refractivity contribution in [3.63, 3.8) is 0 Å². The van der Waals surface area contributed by atoms with E-state index < -0.39 is 0 Å². The summed E-state index contributed by atoms with van der Waals surface area (Å²) in [5.74, 6) is 0. The Labute approximate surface area is 110 Å². The van der Waals surface area contributed by atoms with Gasteiger partial charge in [-0.2, -0.15) is 0 Å². The van der Waals surface area contributed by atoms with Crippen molar-refractivity contribution < 1.29 is 0 Å². The highest BCUT2D eigenvalue weighted by Crippen LogP contribution is 2.23. The Morgan fingerprint density at radius 2 is 1.94 bits per heavy atom. The van der Waals surface area contributed by atoms with E-state index in [1.165, 1.54) is 0 Å². The molecule has 0 unspecified atom stereocenters. The summed E-state index contributed by atoms with van der Waals surface area (Å²) in [5, 5.41) is 1.83. The Bertz CT molecular complexity index is 788. The zero-order valence-electron chi connectivity index (χ0n) is 8.63. The minimum absolute atomic E-state index is 0.00227. The van der Waals surface area contributed by atoms with E-state index in [0.29, 0.717) is 21.3 Å². The molecule has 3 aromatic rings. The van der Waals surface area contributed by atoms with Gasteiger partial charge in [0.2, 0.25) is 0 Å². The predicted molar refractivity (Wildman–Crippen MR) is 74.8 cm³/mol. The fourth-order valence-electron chi connectivity index (χ4n) is 1.93. The van der Waals surface area contributed by atoms with Gasteiger partial charge in [-0.15, -0.1) is 0 Å². The Morgan fingerprint density at radius 3 is 2.76 bits per heavy atom. The van der Waals surface area contributed by atoms with Crippen molar-refractivity contribution in [3.05, 3.63) is 56.1 Å². The normalized spacial score (nSPS) is 11.2. The van der Waals surface area contributed by atoms with E-state index in [0.717, 1.165) is 9.99 Å². The fraction of sp³-hybridized carbons (Fsp3) is 0. The van der Waals surface area contributed by atoms with Crippen molar-refractivity contribution in [1.82, 2.24) is 4.98 Å². The maximum Gasteiger partial charge on any atom is 0.197 e. The molecule has 1 aromatic heterocycles. The molecule has 0 aliphatic carbocycles. The number of halogens is 2. The zero-order valence-corrected chi connectivity index (χ0v) is 11.0. The molecular formula is C13H7BrClNO. The first-order valence-corrected chi connectivity index (χ1v) is 6.24. The molecule has 1 N–H and O–H groups in total. The van der Waals surface area contributed by atoms with Gasteiger partial charge in [-0.3, -0.25) is 4.79 Å². The van der Waals surface area contributed by atoms with Gasteiger partial charge in [0.15, 0.2) is 5.43 Å². The van der Waals surface area contributed by atoms with Crippen LogP contribution < -0.4 is 5.43 Å². The number of benzene rings is 2. The molecule has 0 radical (unpaired) electrons. The average molecular weight is 309 g/mol. The molecule has 4 heteroatoms. The summed E-state index contributed by atoms with van der Waals surface area (Å²) in [6.45, 7) is 0. The molecule has 0 amide bonds. The Balaban J connectivity index is 2.62. The van der Waals surface area contributed by atoms with Gasteiger partial charge >= 0.3 is 0 Å². The minimum atomic E-state index is -0.00227. The molecule has 17 heavy (non-hydrogen) atoms. The number of para-hydroxylation sites is 1. The minimum Gasteiger partial charge on any atom is -0.353 e. The first-order valence-electron chi connectivity index (χ1n) is 5.06. The van der Waals surface area contributed by atoms with E-state index >= 15 is 0 Å². The Morgan fingerprint density at radius 1 is 1.12 bits per heavy atom. The fourth-order valence-corrected chi connectivity index (χ4v) is 2.52. The van der Waals surface area contributed by atoms with Crippen LogP contribution in [0.4, 0.5) is 0 Å². The van der Waals surface area contributed by atoms with E-state index in [-0.39, 0.29) is 5.43 Å². The summed E-state index contributed by atoms with van der Waals surface area (Å²) in [4.78, 5) is 15.5. The van der Waals surface area contributed by atoms with Crippen molar-refractivity contribution in [3.8, 4) is 0 Å². The number of aromatic amines is 1. The number of pyridine rings is 1. The van der Waals surface area contributed by atoms with Crippen LogP contribution in [-0.4, -0.2) is 4.98 Å². The van der Waals surface area contributed by atoms with E-state index in [2.05, 4.69) is 20.9 Å². The lowest BCUT2D eigenvalue weighted by atomic mass is 10.1. The topological polar surface area (TPSA) is 32.9 Å². The first-order chi connectivity index (χ1) is 8.16. The van der Waals surface area contributed by atoms with Crippen LogP contribution in [0.15, 0.2) is 45.7 Å². The molecule has 0 atom stereocenters. The maximum absolute atomic E-state index is 12.3. The van der Waals surface area contributed by atoms with Gasteiger partial charge in [-0.25, -0.2) is 0 Å². The van der Waals surface area contributed by atoms with Gasteiger partial charge in [0.25, 0.3) is 0 Å². The van der Waals surface area contributed by atoms with Gasteiger partial charge in [0, 0.05) is 20.8 Å².